The summed E-state index contributed by atoms with van der Waals surface area (Å²) in [5, 5.41) is 0. The minimum absolute atomic E-state index is 0.835. The van der Waals surface area contributed by atoms with Crippen LogP contribution >= 0.6 is 0 Å². The van der Waals surface area contributed by atoms with Crippen LogP contribution in [0.5, 0.6) is 0 Å². The normalized spacial score (nSPS) is 13.1. The molecular weight excluding hydrogens is 168 g/mol. The van der Waals surface area contributed by atoms with E-state index in [9.17, 15) is 0 Å². The lowest BCUT2D eigenvalue weighted by molar-refractivity contribution is 0.558. The summed E-state index contributed by atoms with van der Waals surface area (Å²) in [5.41, 5.74) is 1.58. The van der Waals surface area contributed by atoms with Crippen LogP contribution in [0.2, 0.25) is 0 Å². The van der Waals surface area contributed by atoms with Crippen LogP contribution in [0.3, 0.4) is 0 Å². The molecule has 0 spiro atoms. The molecule has 0 aliphatic heterocycles. The molecule has 0 bridgehead atoms. The fraction of sp³-hybridized carbons (Fsp3) is 0.857. The van der Waals surface area contributed by atoms with E-state index in [4.69, 9.17) is 0 Å². The lowest BCUT2D eigenvalue weighted by Gasteiger charge is -2.09. The Morgan fingerprint density at radius 1 is 1.07 bits per heavy atom. The predicted molar refractivity (Wildman–Crippen MR) is 68.7 cm³/mol. The van der Waals surface area contributed by atoms with Gasteiger partial charge in [-0.1, -0.05) is 59.1 Å². The van der Waals surface area contributed by atoms with Crippen LogP contribution in [0.1, 0.15) is 73.6 Å². The summed E-state index contributed by atoms with van der Waals surface area (Å²) in [6.45, 7) is 13.1. The van der Waals surface area contributed by atoms with Crippen LogP contribution in [0.15, 0.2) is 11.6 Å². The Hall–Kier alpha value is -0.260. The number of hydrogen-bond acceptors (Lipinski definition) is 0. The fourth-order valence-corrected chi connectivity index (χ4v) is 1.66. The van der Waals surface area contributed by atoms with Gasteiger partial charge in [0.05, 0.1) is 0 Å². The monoisotopic (exact) mass is 198 g/mol. The zero-order valence-electron chi connectivity index (χ0n) is 11.2. The first-order chi connectivity index (χ1) is 6.74. The van der Waals surface area contributed by atoms with Gasteiger partial charge in [0.1, 0.15) is 0 Å². The van der Waals surface area contributed by atoms with E-state index in [2.05, 4.69) is 33.8 Å². The summed E-state index contributed by atoms with van der Waals surface area (Å²) in [6, 6.07) is 0. The van der Waals surface area contributed by atoms with Crippen molar-refractivity contribution in [1.29, 1.82) is 0 Å². The van der Waals surface area contributed by atoms with Crippen LogP contribution in [0, 0.1) is 5.92 Å². The second-order valence-electron chi connectivity index (χ2n) is 3.72. The van der Waals surface area contributed by atoms with Crippen LogP contribution in [-0.2, 0) is 0 Å². The van der Waals surface area contributed by atoms with E-state index in [1.54, 1.807) is 5.57 Å². The highest BCUT2D eigenvalue weighted by molar-refractivity contribution is 5.00. The standard InChI is InChI=1S/C12H24.C2H6/c1-5-8-11(4)10-12(7-3)9-6-2;1-2/h10,12H,5-9H2,1-4H3;1-2H3/b11-10+;. The minimum Gasteiger partial charge on any atom is -0.0825 e. The van der Waals surface area contributed by atoms with Crippen molar-refractivity contribution in [3.8, 4) is 0 Å². The third kappa shape index (κ3) is 9.83. The van der Waals surface area contributed by atoms with Crippen molar-refractivity contribution < 1.29 is 0 Å². The van der Waals surface area contributed by atoms with Crippen molar-refractivity contribution in [2.75, 3.05) is 0 Å². The second kappa shape index (κ2) is 12.7. The molecule has 0 N–H and O–H groups in total. The maximum atomic E-state index is 2.48. The molecule has 0 saturated carbocycles. The Labute approximate surface area is 91.8 Å². The van der Waals surface area contributed by atoms with Crippen LogP contribution in [0.4, 0.5) is 0 Å². The first kappa shape index (κ1) is 16.2. The number of hydrogen-bond donors (Lipinski definition) is 0. The average molecular weight is 198 g/mol. The molecule has 0 aromatic carbocycles. The van der Waals surface area contributed by atoms with Gasteiger partial charge in [-0.3, -0.25) is 0 Å². The van der Waals surface area contributed by atoms with Crippen molar-refractivity contribution in [1.82, 2.24) is 0 Å². The van der Waals surface area contributed by atoms with Gasteiger partial charge in [-0.25, -0.2) is 0 Å². The van der Waals surface area contributed by atoms with Gasteiger partial charge in [0.2, 0.25) is 0 Å². The van der Waals surface area contributed by atoms with E-state index in [1.165, 1.54) is 32.1 Å². The quantitative estimate of drug-likeness (QED) is 0.488. The molecule has 0 aliphatic carbocycles. The summed E-state index contributed by atoms with van der Waals surface area (Å²) in [6.07, 6.45) is 9.01. The molecule has 0 amide bonds. The van der Waals surface area contributed by atoms with E-state index in [0.29, 0.717) is 0 Å². The van der Waals surface area contributed by atoms with Crippen molar-refractivity contribution in [2.45, 2.75) is 73.6 Å². The van der Waals surface area contributed by atoms with Crippen molar-refractivity contribution >= 4 is 0 Å². The van der Waals surface area contributed by atoms with E-state index in [0.717, 1.165) is 5.92 Å². The molecule has 1 atom stereocenters. The molecule has 1 unspecified atom stereocenters. The molecule has 0 radical (unpaired) electrons. The Kier molecular flexibility index (Phi) is 14.7. The number of allylic oxidation sites excluding steroid dienone is 2. The SMILES string of the molecule is CC.CCC/C(C)=C/C(CC)CCC. The first-order valence-corrected chi connectivity index (χ1v) is 6.41. The molecular formula is C14H30. The van der Waals surface area contributed by atoms with Gasteiger partial charge in [0.25, 0.3) is 0 Å². The average Bonchev–Trinajstić information content (AvgIpc) is 2.20. The zero-order valence-corrected chi connectivity index (χ0v) is 11.2. The fourth-order valence-electron chi connectivity index (χ4n) is 1.66. The smallest absolute Gasteiger partial charge is 0.0234 e. The first-order valence-electron chi connectivity index (χ1n) is 6.41. The maximum Gasteiger partial charge on any atom is -0.0234 e. The lowest BCUT2D eigenvalue weighted by atomic mass is 9.97. The molecule has 0 heteroatoms. The Balaban J connectivity index is 0. The van der Waals surface area contributed by atoms with Crippen LogP contribution < -0.4 is 0 Å². The van der Waals surface area contributed by atoms with Crippen LogP contribution in [0.25, 0.3) is 0 Å². The third-order valence-corrected chi connectivity index (χ3v) is 2.35. The minimum atomic E-state index is 0.835. The number of rotatable bonds is 6. The molecule has 0 fully saturated rings. The molecule has 0 saturated heterocycles. The summed E-state index contributed by atoms with van der Waals surface area (Å²) in [4.78, 5) is 0. The van der Waals surface area contributed by atoms with E-state index >= 15 is 0 Å². The molecule has 0 aromatic rings. The second-order valence-corrected chi connectivity index (χ2v) is 3.72. The lowest BCUT2D eigenvalue weighted by Crippen LogP contribution is -1.94. The van der Waals surface area contributed by atoms with Gasteiger partial charge in [-0.15, -0.1) is 0 Å². The van der Waals surface area contributed by atoms with Crippen LogP contribution in [-0.4, -0.2) is 0 Å². The molecule has 0 heterocycles. The van der Waals surface area contributed by atoms with Crippen molar-refractivity contribution in [3.63, 3.8) is 0 Å². The van der Waals surface area contributed by atoms with Crippen molar-refractivity contribution in [3.05, 3.63) is 11.6 Å². The Bertz CT molecular complexity index is 122. The van der Waals surface area contributed by atoms with E-state index < -0.39 is 0 Å². The highest BCUT2D eigenvalue weighted by Crippen LogP contribution is 2.16. The summed E-state index contributed by atoms with van der Waals surface area (Å²) >= 11 is 0. The largest absolute Gasteiger partial charge is 0.0825 e. The Morgan fingerprint density at radius 3 is 2.00 bits per heavy atom. The van der Waals surface area contributed by atoms with Gasteiger partial charge in [0.15, 0.2) is 0 Å². The molecule has 0 nitrogen and oxygen atoms in total. The van der Waals surface area contributed by atoms with Crippen molar-refractivity contribution in [2.24, 2.45) is 5.92 Å². The molecule has 86 valence electrons. The topological polar surface area (TPSA) is 0 Å². The molecule has 14 heavy (non-hydrogen) atoms. The summed E-state index contributed by atoms with van der Waals surface area (Å²) in [5.74, 6) is 0.835. The van der Waals surface area contributed by atoms with Gasteiger partial charge < -0.3 is 0 Å². The summed E-state index contributed by atoms with van der Waals surface area (Å²) in [7, 11) is 0. The molecule has 0 rings (SSSR count). The third-order valence-electron chi connectivity index (χ3n) is 2.35. The zero-order chi connectivity index (χ0) is 11.4. The maximum absolute atomic E-state index is 2.48. The predicted octanol–water partition coefficient (Wildman–Crippen LogP) is 5.59. The van der Waals surface area contributed by atoms with E-state index in [-0.39, 0.29) is 0 Å². The van der Waals surface area contributed by atoms with Gasteiger partial charge >= 0.3 is 0 Å². The van der Waals surface area contributed by atoms with E-state index in [1.807, 2.05) is 13.8 Å². The Morgan fingerprint density at radius 2 is 1.64 bits per heavy atom. The van der Waals surface area contributed by atoms with Gasteiger partial charge in [-0.2, -0.15) is 0 Å². The van der Waals surface area contributed by atoms with Gasteiger partial charge in [-0.05, 0) is 32.1 Å². The molecule has 0 aromatic heterocycles. The molecule has 0 aliphatic rings. The summed E-state index contributed by atoms with van der Waals surface area (Å²) < 4.78 is 0. The van der Waals surface area contributed by atoms with Gasteiger partial charge in [0, 0.05) is 0 Å². The highest BCUT2D eigenvalue weighted by Gasteiger charge is 2.00. The highest BCUT2D eigenvalue weighted by atomic mass is 14.1.